The van der Waals surface area contributed by atoms with Gasteiger partial charge in [-0.3, -0.25) is 4.79 Å². The van der Waals surface area contributed by atoms with Gasteiger partial charge in [-0.2, -0.15) is 4.80 Å². The maximum Gasteiger partial charge on any atom is 0.407 e. The fraction of sp³-hybridized carbons (Fsp3) is 0.407. The van der Waals surface area contributed by atoms with Crippen molar-refractivity contribution in [1.82, 2.24) is 30.5 Å². The Kier molecular flexibility index (Phi) is 8.14. The molecular formula is C27H32N6O5S. The molecule has 0 fully saturated rings. The molecule has 0 unspecified atom stereocenters. The molecule has 0 spiro atoms. The lowest BCUT2D eigenvalue weighted by Crippen LogP contribution is -2.43. The number of thiazole rings is 1. The molecule has 1 atom stereocenters. The van der Waals surface area contributed by atoms with E-state index in [2.05, 4.69) is 25.7 Å². The van der Waals surface area contributed by atoms with Crippen LogP contribution in [0, 0.1) is 0 Å². The van der Waals surface area contributed by atoms with Crippen molar-refractivity contribution < 1.29 is 23.8 Å². The molecule has 12 heteroatoms. The van der Waals surface area contributed by atoms with Crippen LogP contribution in [0.3, 0.4) is 0 Å². The number of amides is 1. The highest BCUT2D eigenvalue weighted by Crippen LogP contribution is 2.31. The Morgan fingerprint density at radius 2 is 1.67 bits per heavy atom. The number of benzene rings is 2. The van der Waals surface area contributed by atoms with Gasteiger partial charge in [0.15, 0.2) is 0 Å². The topological polar surface area (TPSA) is 130 Å². The molecule has 4 aromatic rings. The summed E-state index contributed by atoms with van der Waals surface area (Å²) in [6.07, 6.45) is -0.745. The van der Waals surface area contributed by atoms with Crippen molar-refractivity contribution in [2.75, 3.05) is 0 Å². The van der Waals surface area contributed by atoms with Crippen molar-refractivity contribution in [3.8, 4) is 22.3 Å². The van der Waals surface area contributed by atoms with Crippen LogP contribution in [0.5, 0.6) is 10.9 Å². The molecule has 2 aromatic heterocycles. The zero-order chi connectivity index (χ0) is 28.2. The van der Waals surface area contributed by atoms with Crippen LogP contribution < -0.4 is 10.1 Å². The van der Waals surface area contributed by atoms with Crippen molar-refractivity contribution in [3.63, 3.8) is 0 Å². The van der Waals surface area contributed by atoms with Gasteiger partial charge < -0.3 is 19.5 Å². The zero-order valence-corrected chi connectivity index (χ0v) is 23.6. The van der Waals surface area contributed by atoms with Gasteiger partial charge >= 0.3 is 12.1 Å². The Labute approximate surface area is 230 Å². The Bertz CT molecular complexity index is 1370. The van der Waals surface area contributed by atoms with E-state index >= 15 is 0 Å². The lowest BCUT2D eigenvalue weighted by atomic mass is 10.1. The highest BCUT2D eigenvalue weighted by Gasteiger charge is 2.25. The molecule has 206 valence electrons. The van der Waals surface area contributed by atoms with Crippen LogP contribution >= 0.6 is 11.3 Å². The van der Waals surface area contributed by atoms with E-state index in [4.69, 9.17) is 14.2 Å². The molecule has 0 aliphatic carbocycles. The van der Waals surface area contributed by atoms with E-state index in [9.17, 15) is 9.59 Å². The minimum Gasteiger partial charge on any atom is -0.460 e. The van der Waals surface area contributed by atoms with Gasteiger partial charge in [0, 0.05) is 5.56 Å². The predicted molar refractivity (Wildman–Crippen MR) is 147 cm³/mol. The minimum absolute atomic E-state index is 0.0876. The number of aromatic nitrogens is 5. The first-order chi connectivity index (χ1) is 18.3. The Morgan fingerprint density at radius 3 is 2.33 bits per heavy atom. The van der Waals surface area contributed by atoms with Gasteiger partial charge in [-0.1, -0.05) is 23.5 Å². The second-order valence-electron chi connectivity index (χ2n) is 10.9. The number of carbonyl (C=O) groups is 2. The van der Waals surface area contributed by atoms with E-state index in [-0.39, 0.29) is 13.0 Å². The van der Waals surface area contributed by atoms with E-state index in [0.717, 1.165) is 15.8 Å². The maximum atomic E-state index is 12.5. The average molecular weight is 553 g/mol. The van der Waals surface area contributed by atoms with E-state index in [0.29, 0.717) is 16.8 Å². The number of esters is 1. The van der Waals surface area contributed by atoms with Crippen LogP contribution in [-0.2, 0) is 20.8 Å². The molecule has 2 heterocycles. The molecule has 4 rings (SSSR count). The Hall–Kier alpha value is -4.06. The van der Waals surface area contributed by atoms with Crippen molar-refractivity contribution in [2.45, 2.75) is 71.8 Å². The van der Waals surface area contributed by atoms with Crippen LogP contribution in [0.25, 0.3) is 21.6 Å². The summed E-state index contributed by atoms with van der Waals surface area (Å²) >= 11 is 1.47. The molecule has 2 aromatic carbocycles. The van der Waals surface area contributed by atoms with Gasteiger partial charge in [0.25, 0.3) is 5.19 Å². The third-order valence-corrected chi connectivity index (χ3v) is 5.90. The number of ether oxygens (including phenoxy) is 3. The summed E-state index contributed by atoms with van der Waals surface area (Å²) in [6, 6.07) is 14.4. The molecule has 0 aliphatic heterocycles. The first-order valence-electron chi connectivity index (χ1n) is 12.5. The normalized spacial score (nSPS) is 12.7. The number of rotatable bonds is 8. The first-order valence-corrected chi connectivity index (χ1v) is 13.3. The number of para-hydroxylation sites is 1. The van der Waals surface area contributed by atoms with E-state index in [1.807, 2.05) is 36.4 Å². The standard InChI is InChI=1S/C27H32N6O5S/c1-26(2,3)37-22(34)15-18(28-24(35)38-27(4,5)6)16-33-31-23(30-32-33)17-11-13-19(14-12-17)36-25-29-20-9-7-8-10-21(20)39-25/h7-14,18H,15-16H2,1-6H3,(H,28,35)/t18-/m0/s1. The quantitative estimate of drug-likeness (QED) is 0.287. The number of nitrogens with zero attached hydrogens (tertiary/aromatic N) is 5. The van der Waals surface area contributed by atoms with Gasteiger partial charge in [0.1, 0.15) is 17.0 Å². The van der Waals surface area contributed by atoms with Crippen LogP contribution in [-0.4, -0.2) is 54.5 Å². The molecule has 0 aliphatic rings. The van der Waals surface area contributed by atoms with Crippen LogP contribution in [0.4, 0.5) is 4.79 Å². The molecule has 0 bridgehead atoms. The fourth-order valence-corrected chi connectivity index (χ4v) is 4.36. The molecular weight excluding hydrogens is 520 g/mol. The SMILES string of the molecule is CC(C)(C)OC(=O)C[C@@H](Cn1nnc(-c2ccc(Oc3nc4ccccc4s3)cc2)n1)NC(=O)OC(C)(C)C. The predicted octanol–water partition coefficient (Wildman–Crippen LogP) is 5.37. The van der Waals surface area contributed by atoms with Crippen LogP contribution in [0.15, 0.2) is 48.5 Å². The average Bonchev–Trinajstić information content (AvgIpc) is 3.43. The Balaban J connectivity index is 1.42. The highest BCUT2D eigenvalue weighted by molar-refractivity contribution is 7.20. The summed E-state index contributed by atoms with van der Waals surface area (Å²) in [4.78, 5) is 30.7. The summed E-state index contributed by atoms with van der Waals surface area (Å²) in [5.74, 6) is 0.548. The van der Waals surface area contributed by atoms with E-state index < -0.39 is 29.3 Å². The number of carbonyl (C=O) groups excluding carboxylic acids is 2. The van der Waals surface area contributed by atoms with Gasteiger partial charge in [-0.25, -0.2) is 9.78 Å². The fourth-order valence-electron chi connectivity index (χ4n) is 3.52. The smallest absolute Gasteiger partial charge is 0.407 e. The monoisotopic (exact) mass is 552 g/mol. The highest BCUT2D eigenvalue weighted by atomic mass is 32.1. The number of hydrogen-bond acceptors (Lipinski definition) is 10. The maximum absolute atomic E-state index is 12.5. The lowest BCUT2D eigenvalue weighted by molar-refractivity contribution is -0.155. The van der Waals surface area contributed by atoms with Gasteiger partial charge in [0.2, 0.25) is 5.82 Å². The van der Waals surface area contributed by atoms with Crippen molar-refractivity contribution in [2.24, 2.45) is 0 Å². The summed E-state index contributed by atoms with van der Waals surface area (Å²) in [6.45, 7) is 10.7. The van der Waals surface area contributed by atoms with Gasteiger partial charge in [0.05, 0.1) is 29.2 Å². The lowest BCUT2D eigenvalue weighted by Gasteiger charge is -2.24. The zero-order valence-electron chi connectivity index (χ0n) is 22.8. The van der Waals surface area contributed by atoms with Crippen LogP contribution in [0.1, 0.15) is 48.0 Å². The third kappa shape index (κ3) is 8.47. The molecule has 39 heavy (non-hydrogen) atoms. The van der Waals surface area contributed by atoms with Gasteiger partial charge in [-0.15, -0.1) is 10.2 Å². The number of alkyl carbamates (subject to hydrolysis) is 1. The molecule has 11 nitrogen and oxygen atoms in total. The summed E-state index contributed by atoms with van der Waals surface area (Å²) in [5, 5.41) is 15.9. The molecule has 1 amide bonds. The van der Waals surface area contributed by atoms with E-state index in [1.54, 1.807) is 53.7 Å². The van der Waals surface area contributed by atoms with Gasteiger partial charge in [-0.05, 0) is 83.2 Å². The van der Waals surface area contributed by atoms with Crippen molar-refractivity contribution >= 4 is 33.6 Å². The Morgan fingerprint density at radius 1 is 0.974 bits per heavy atom. The molecule has 0 radical (unpaired) electrons. The van der Waals surface area contributed by atoms with Crippen molar-refractivity contribution in [3.05, 3.63) is 48.5 Å². The van der Waals surface area contributed by atoms with E-state index in [1.165, 1.54) is 16.1 Å². The second kappa shape index (κ2) is 11.4. The number of hydrogen-bond donors (Lipinski definition) is 1. The molecule has 1 N–H and O–H groups in total. The van der Waals surface area contributed by atoms with Crippen molar-refractivity contribution in [1.29, 1.82) is 0 Å². The third-order valence-electron chi connectivity index (χ3n) is 4.98. The molecule has 0 saturated heterocycles. The minimum atomic E-state index is -0.692. The number of tetrazole rings is 1. The van der Waals surface area contributed by atoms with Crippen LogP contribution in [0.2, 0.25) is 0 Å². The summed E-state index contributed by atoms with van der Waals surface area (Å²) < 4.78 is 17.7. The number of fused-ring (bicyclic) bond motifs is 1. The largest absolute Gasteiger partial charge is 0.460 e. The first kappa shape index (κ1) is 28.0. The second-order valence-corrected chi connectivity index (χ2v) is 11.9. The number of nitrogens with one attached hydrogen (secondary N) is 1. The molecule has 0 saturated carbocycles. The summed E-state index contributed by atoms with van der Waals surface area (Å²) in [5.41, 5.74) is 0.264. The summed E-state index contributed by atoms with van der Waals surface area (Å²) in [7, 11) is 0.